The van der Waals surface area contributed by atoms with Gasteiger partial charge in [0.05, 0.1) is 17.1 Å². The van der Waals surface area contributed by atoms with Crippen molar-refractivity contribution >= 4 is 47.5 Å². The molecule has 1 heterocycles. The van der Waals surface area contributed by atoms with Crippen molar-refractivity contribution in [2.75, 3.05) is 0 Å². The number of hydrogen-bond donors (Lipinski definition) is 2. The fraction of sp³-hybridized carbons (Fsp3) is 0.423. The Balaban J connectivity index is 2.11. The Bertz CT molecular complexity index is 1330. The van der Waals surface area contributed by atoms with Gasteiger partial charge in [-0.15, -0.1) is 4.91 Å². The van der Waals surface area contributed by atoms with Gasteiger partial charge in [-0.05, 0) is 95.0 Å². The molecule has 36 heavy (non-hydrogen) atoms. The first-order chi connectivity index (χ1) is 16.7. The van der Waals surface area contributed by atoms with Crippen molar-refractivity contribution in [2.45, 2.75) is 71.0 Å². The van der Waals surface area contributed by atoms with Crippen LogP contribution >= 0.6 is 22.6 Å². The van der Waals surface area contributed by atoms with Gasteiger partial charge in [0.15, 0.2) is 20.4 Å². The van der Waals surface area contributed by atoms with Crippen molar-refractivity contribution in [1.29, 1.82) is 0 Å². The molecule has 0 aliphatic rings. The molecule has 0 radical (unpaired) electrons. The van der Waals surface area contributed by atoms with Crippen LogP contribution in [-0.4, -0.2) is 29.1 Å². The molecule has 2 N–H and O–H groups in total. The number of hydrogen-bond acceptors (Lipinski definition) is 6. The number of ether oxygens (including phenoxy) is 1. The third kappa shape index (κ3) is 6.21. The Hall–Kier alpha value is -2.15. The number of aliphatic hydroxyl groups is 1. The van der Waals surface area contributed by atoms with Crippen molar-refractivity contribution in [3.63, 3.8) is 0 Å². The van der Waals surface area contributed by atoms with Crippen molar-refractivity contribution < 1.29 is 19.0 Å². The molecule has 0 aliphatic heterocycles. The highest BCUT2D eigenvalue weighted by Gasteiger charge is 2.37. The third-order valence-corrected chi connectivity index (χ3v) is 11.3. The maximum Gasteiger partial charge on any atom is 0.231 e. The minimum absolute atomic E-state index is 0.0527. The molecule has 0 amide bonds. The summed E-state index contributed by atoms with van der Waals surface area (Å²) >= 11 is 1.92. The zero-order valence-corrected chi connectivity index (χ0v) is 24.3. The lowest BCUT2D eigenvalue weighted by Crippen LogP contribution is -2.39. The van der Waals surface area contributed by atoms with Gasteiger partial charge in [-0.3, -0.25) is 4.79 Å². The smallest absolute Gasteiger partial charge is 0.231 e. The minimum atomic E-state index is -2.41. The van der Waals surface area contributed by atoms with Crippen LogP contribution in [0.4, 0.5) is 10.1 Å². The standard InChI is InChI=1S/C26H32FIN2O5Si/c1-16(31)35-22-15-30(11-7-10-26(2,3)36(4,5)34)24-19(25(22)32)13-17(14-21(24)29-33)12-18-8-6-9-20(28)23(18)27/h6,8-9,13-16,31,34H,7,10-12H2,1-5H3. The average molecular weight is 627 g/mol. The van der Waals surface area contributed by atoms with E-state index in [9.17, 15) is 24.0 Å². The molecule has 0 saturated heterocycles. The lowest BCUT2D eigenvalue weighted by molar-refractivity contribution is -0.00144. The summed E-state index contributed by atoms with van der Waals surface area (Å²) in [5, 5.41) is 12.9. The fourth-order valence-corrected chi connectivity index (χ4v) is 5.41. The van der Waals surface area contributed by atoms with Gasteiger partial charge in [-0.1, -0.05) is 26.0 Å². The topological polar surface area (TPSA) is 101 Å². The van der Waals surface area contributed by atoms with Crippen LogP contribution in [-0.2, 0) is 13.0 Å². The van der Waals surface area contributed by atoms with Gasteiger partial charge >= 0.3 is 0 Å². The summed E-state index contributed by atoms with van der Waals surface area (Å²) in [7, 11) is -2.41. The van der Waals surface area contributed by atoms with Crippen LogP contribution in [0.3, 0.4) is 0 Å². The van der Waals surface area contributed by atoms with Gasteiger partial charge in [-0.25, -0.2) is 4.39 Å². The van der Waals surface area contributed by atoms with Gasteiger partial charge in [0.2, 0.25) is 5.43 Å². The summed E-state index contributed by atoms with van der Waals surface area (Å²) in [6, 6.07) is 8.28. The monoisotopic (exact) mass is 626 g/mol. The van der Waals surface area contributed by atoms with E-state index in [0.29, 0.717) is 33.2 Å². The van der Waals surface area contributed by atoms with E-state index in [1.54, 1.807) is 34.9 Å². The second-order valence-electron chi connectivity index (χ2n) is 10.3. The molecule has 1 atom stereocenters. The van der Waals surface area contributed by atoms with E-state index in [-0.39, 0.29) is 34.1 Å². The van der Waals surface area contributed by atoms with E-state index in [1.165, 1.54) is 13.1 Å². The molecule has 10 heteroatoms. The minimum Gasteiger partial charge on any atom is -0.460 e. The van der Waals surface area contributed by atoms with Crippen molar-refractivity contribution in [3.05, 3.63) is 72.2 Å². The van der Waals surface area contributed by atoms with Crippen LogP contribution in [0.15, 0.2) is 46.5 Å². The summed E-state index contributed by atoms with van der Waals surface area (Å²) in [4.78, 5) is 35.8. The van der Waals surface area contributed by atoms with Crippen molar-refractivity contribution in [3.8, 4) is 5.75 Å². The summed E-state index contributed by atoms with van der Waals surface area (Å²) in [6.45, 7) is 9.73. The zero-order valence-electron chi connectivity index (χ0n) is 21.1. The number of aryl methyl sites for hydroxylation is 1. The van der Waals surface area contributed by atoms with E-state index in [4.69, 9.17) is 4.74 Å². The van der Waals surface area contributed by atoms with Crippen LogP contribution in [0, 0.1) is 14.3 Å². The van der Waals surface area contributed by atoms with Crippen LogP contribution in [0.2, 0.25) is 18.1 Å². The lowest BCUT2D eigenvalue weighted by atomic mass is 10.0. The second-order valence-corrected chi connectivity index (χ2v) is 15.9. The number of aromatic nitrogens is 1. The van der Waals surface area contributed by atoms with E-state index < -0.39 is 20.0 Å². The predicted molar refractivity (Wildman–Crippen MR) is 151 cm³/mol. The second kappa shape index (κ2) is 11.1. The molecule has 1 aromatic heterocycles. The highest BCUT2D eigenvalue weighted by atomic mass is 127. The first-order valence-electron chi connectivity index (χ1n) is 11.8. The Morgan fingerprint density at radius 1 is 1.28 bits per heavy atom. The largest absolute Gasteiger partial charge is 0.460 e. The Labute approximate surface area is 224 Å². The molecule has 194 valence electrons. The highest BCUT2D eigenvalue weighted by molar-refractivity contribution is 14.1. The number of nitrogens with zero attached hydrogens (tertiary/aromatic N) is 2. The number of rotatable bonds is 10. The summed E-state index contributed by atoms with van der Waals surface area (Å²) in [6.07, 6.45) is 1.85. The van der Waals surface area contributed by atoms with E-state index in [2.05, 4.69) is 5.18 Å². The molecule has 0 bridgehead atoms. The molecule has 0 aliphatic carbocycles. The molecule has 3 aromatic rings. The van der Waals surface area contributed by atoms with Crippen LogP contribution in [0.25, 0.3) is 10.9 Å². The number of nitroso groups, excluding NO2 is 1. The van der Waals surface area contributed by atoms with Crippen LogP contribution in [0.5, 0.6) is 5.75 Å². The molecule has 0 fully saturated rings. The maximum absolute atomic E-state index is 14.6. The number of benzene rings is 2. The first-order valence-corrected chi connectivity index (χ1v) is 15.8. The number of aliphatic hydroxyl groups excluding tert-OH is 1. The van der Waals surface area contributed by atoms with Gasteiger partial charge in [0.1, 0.15) is 11.5 Å². The summed E-state index contributed by atoms with van der Waals surface area (Å²) < 4.78 is 22.2. The fourth-order valence-electron chi connectivity index (χ4n) is 4.07. The Morgan fingerprint density at radius 2 is 1.97 bits per heavy atom. The average Bonchev–Trinajstić information content (AvgIpc) is 2.78. The molecule has 0 spiro atoms. The van der Waals surface area contributed by atoms with E-state index in [0.717, 1.165) is 6.42 Å². The number of halogens is 2. The predicted octanol–water partition coefficient (Wildman–Crippen LogP) is 6.21. The highest BCUT2D eigenvalue weighted by Crippen LogP contribution is 2.40. The summed E-state index contributed by atoms with van der Waals surface area (Å²) in [5.74, 6) is -0.400. The zero-order chi connectivity index (χ0) is 26.8. The molecule has 7 nitrogen and oxygen atoms in total. The van der Waals surface area contributed by atoms with Crippen LogP contribution in [0.1, 0.15) is 44.7 Å². The van der Waals surface area contributed by atoms with Crippen LogP contribution < -0.4 is 10.2 Å². The van der Waals surface area contributed by atoms with Gasteiger partial charge in [0, 0.05) is 16.5 Å². The molecule has 0 saturated carbocycles. The molecule has 1 unspecified atom stereocenters. The lowest BCUT2D eigenvalue weighted by Gasteiger charge is -2.35. The van der Waals surface area contributed by atoms with Gasteiger partial charge < -0.3 is 19.2 Å². The van der Waals surface area contributed by atoms with Crippen molar-refractivity contribution in [2.24, 2.45) is 5.18 Å². The van der Waals surface area contributed by atoms with E-state index >= 15 is 0 Å². The first kappa shape index (κ1) is 28.4. The number of fused-ring (bicyclic) bond motifs is 1. The molecular weight excluding hydrogens is 594 g/mol. The quantitative estimate of drug-likeness (QED) is 0.121. The molecule has 3 rings (SSSR count). The van der Waals surface area contributed by atoms with Gasteiger partial charge in [-0.2, -0.15) is 0 Å². The normalized spacial score (nSPS) is 13.1. The van der Waals surface area contributed by atoms with E-state index in [1.807, 2.05) is 49.5 Å². The molecule has 2 aromatic carbocycles. The SMILES string of the molecule is CC(O)Oc1cn(CCCC(C)(C)[Si](C)(C)O)c2c(N=O)cc(Cc3cccc(I)c3F)cc2c1=O. The van der Waals surface area contributed by atoms with Crippen molar-refractivity contribution in [1.82, 2.24) is 4.57 Å². The Kier molecular flexibility index (Phi) is 8.74. The molecular formula is C26H32FIN2O5Si. The Morgan fingerprint density at radius 3 is 2.58 bits per heavy atom. The third-order valence-electron chi connectivity index (χ3n) is 6.86. The summed E-state index contributed by atoms with van der Waals surface area (Å²) in [5.41, 5.74) is 0.947. The van der Waals surface area contributed by atoms with Gasteiger partial charge in [0.25, 0.3) is 0 Å². The number of pyridine rings is 1. The maximum atomic E-state index is 14.6.